The number of nitrogens with one attached hydrogen (secondary N) is 1. The van der Waals surface area contributed by atoms with Crippen molar-refractivity contribution >= 4 is 10.9 Å². The molecule has 3 heterocycles. The fourth-order valence-electron chi connectivity index (χ4n) is 3.80. The van der Waals surface area contributed by atoms with Gasteiger partial charge in [-0.3, -0.25) is 10.1 Å². The van der Waals surface area contributed by atoms with E-state index in [2.05, 4.69) is 46.6 Å². The first-order chi connectivity index (χ1) is 14.2. The summed E-state index contributed by atoms with van der Waals surface area (Å²) in [6.07, 6.45) is 1.82. The molecule has 4 heteroatoms. The summed E-state index contributed by atoms with van der Waals surface area (Å²) in [7, 11) is 0. The van der Waals surface area contributed by atoms with Gasteiger partial charge in [0.1, 0.15) is 0 Å². The van der Waals surface area contributed by atoms with Crippen LogP contribution in [0.15, 0.2) is 72.9 Å². The molecule has 5 rings (SSSR count). The smallest absolute Gasteiger partial charge is 0.0833 e. The second kappa shape index (κ2) is 6.99. The summed E-state index contributed by atoms with van der Waals surface area (Å²) in [5.74, 6) is 0. The van der Waals surface area contributed by atoms with E-state index >= 15 is 0 Å². The second-order valence-corrected chi connectivity index (χ2v) is 7.07. The van der Waals surface area contributed by atoms with Crippen LogP contribution < -0.4 is 0 Å². The molecule has 0 fully saturated rings. The summed E-state index contributed by atoms with van der Waals surface area (Å²) in [6.45, 7) is 4.02. The Kier molecular flexibility index (Phi) is 4.17. The van der Waals surface area contributed by atoms with Crippen LogP contribution in [0.1, 0.15) is 11.4 Å². The predicted octanol–water partition coefficient (Wildman–Crippen LogP) is 5.77. The average molecular weight is 375 g/mol. The normalized spacial score (nSPS) is 11.1. The molecule has 3 aromatic heterocycles. The van der Waals surface area contributed by atoms with Crippen molar-refractivity contribution in [2.75, 3.05) is 0 Å². The van der Waals surface area contributed by atoms with Gasteiger partial charge < -0.3 is 0 Å². The maximum atomic E-state index is 5.07. The third-order valence-electron chi connectivity index (χ3n) is 5.18. The van der Waals surface area contributed by atoms with Gasteiger partial charge in [0.25, 0.3) is 0 Å². The molecule has 5 aromatic rings. The monoisotopic (exact) mass is 375 g/mol. The number of fused-ring (bicyclic) bond motifs is 1. The van der Waals surface area contributed by atoms with Gasteiger partial charge in [0.05, 0.1) is 22.6 Å². The van der Waals surface area contributed by atoms with Crippen molar-refractivity contribution < 1.29 is 0 Å². The maximum absolute atomic E-state index is 5.07. The van der Waals surface area contributed by atoms with E-state index in [4.69, 9.17) is 9.97 Å². The molecular weight excluding hydrogens is 356 g/mol. The third kappa shape index (κ3) is 2.99. The summed E-state index contributed by atoms with van der Waals surface area (Å²) in [5, 5.41) is 8.44. The zero-order chi connectivity index (χ0) is 19.8. The molecule has 0 amide bonds. The van der Waals surface area contributed by atoms with Crippen LogP contribution in [0.25, 0.3) is 44.5 Å². The van der Waals surface area contributed by atoms with E-state index in [-0.39, 0.29) is 0 Å². The Hall–Kier alpha value is -3.79. The number of aryl methyl sites for hydroxylation is 2. The molecule has 1 N–H and O–H groups in total. The first kappa shape index (κ1) is 17.3. The summed E-state index contributed by atoms with van der Waals surface area (Å²) < 4.78 is 0. The molecule has 0 aliphatic heterocycles. The van der Waals surface area contributed by atoms with E-state index in [1.54, 1.807) is 0 Å². The van der Waals surface area contributed by atoms with E-state index < -0.39 is 0 Å². The second-order valence-electron chi connectivity index (χ2n) is 7.07. The molecule has 29 heavy (non-hydrogen) atoms. The van der Waals surface area contributed by atoms with Crippen LogP contribution in [0, 0.1) is 19.9 Å². The molecule has 0 spiro atoms. The number of aromatic amines is 1. The lowest BCUT2D eigenvalue weighted by molar-refractivity contribution is 1.02. The van der Waals surface area contributed by atoms with Gasteiger partial charge in [0.2, 0.25) is 0 Å². The summed E-state index contributed by atoms with van der Waals surface area (Å²) in [4.78, 5) is 9.77. The average Bonchev–Trinajstić information content (AvgIpc) is 3.11. The quantitative estimate of drug-likeness (QED) is 0.435. The molecule has 0 atom stereocenters. The number of aromatic nitrogens is 4. The van der Waals surface area contributed by atoms with E-state index in [0.29, 0.717) is 0 Å². The predicted molar refractivity (Wildman–Crippen MR) is 116 cm³/mol. The molecule has 2 aromatic carbocycles. The Labute approximate surface area is 169 Å². The van der Waals surface area contributed by atoms with Crippen LogP contribution in [0.3, 0.4) is 0 Å². The Morgan fingerprint density at radius 2 is 1.66 bits per heavy atom. The lowest BCUT2D eigenvalue weighted by Crippen LogP contribution is -1.95. The number of pyridine rings is 2. The van der Waals surface area contributed by atoms with Crippen molar-refractivity contribution in [1.82, 2.24) is 20.2 Å². The number of hydrogen-bond donors (Lipinski definition) is 1. The number of nitrogens with zero attached hydrogens (tertiary/aromatic N) is 3. The highest BCUT2D eigenvalue weighted by Gasteiger charge is 2.17. The highest BCUT2D eigenvalue weighted by atomic mass is 15.1. The lowest BCUT2D eigenvalue weighted by Gasteiger charge is -2.13. The highest BCUT2D eigenvalue weighted by molar-refractivity contribution is 5.99. The Morgan fingerprint density at radius 3 is 2.38 bits per heavy atom. The van der Waals surface area contributed by atoms with Gasteiger partial charge in [-0.2, -0.15) is 5.10 Å². The molecule has 0 saturated heterocycles. The highest BCUT2D eigenvalue weighted by Crippen LogP contribution is 2.37. The van der Waals surface area contributed by atoms with Crippen LogP contribution in [0.5, 0.6) is 0 Å². The van der Waals surface area contributed by atoms with Crippen LogP contribution in [0.2, 0.25) is 0 Å². The van der Waals surface area contributed by atoms with Crippen LogP contribution in [-0.2, 0) is 0 Å². The number of rotatable bonds is 3. The van der Waals surface area contributed by atoms with Gasteiger partial charge in [-0.05, 0) is 37.6 Å². The molecule has 0 aliphatic carbocycles. The molecule has 0 aliphatic rings. The van der Waals surface area contributed by atoms with Crippen molar-refractivity contribution in [3.8, 4) is 33.6 Å². The van der Waals surface area contributed by atoms with Gasteiger partial charge in [-0.1, -0.05) is 54.6 Å². The summed E-state index contributed by atoms with van der Waals surface area (Å²) >= 11 is 0. The minimum Gasteiger partial charge on any atom is -0.282 e. The van der Waals surface area contributed by atoms with E-state index in [1.807, 2.05) is 56.4 Å². The van der Waals surface area contributed by atoms with E-state index in [0.717, 1.165) is 55.9 Å². The van der Waals surface area contributed by atoms with Crippen molar-refractivity contribution in [2.45, 2.75) is 13.8 Å². The van der Waals surface area contributed by atoms with E-state index in [9.17, 15) is 0 Å². The fourth-order valence-corrected chi connectivity index (χ4v) is 3.80. The van der Waals surface area contributed by atoms with Crippen molar-refractivity contribution in [1.29, 1.82) is 0 Å². The number of hydrogen-bond acceptors (Lipinski definition) is 3. The maximum Gasteiger partial charge on any atom is 0.0833 e. The van der Waals surface area contributed by atoms with E-state index in [1.165, 1.54) is 0 Å². The topological polar surface area (TPSA) is 54.5 Å². The minimum atomic E-state index is 0.906. The largest absolute Gasteiger partial charge is 0.282 e. The molecule has 1 radical (unpaired) electrons. The number of benzene rings is 2. The van der Waals surface area contributed by atoms with Gasteiger partial charge >= 0.3 is 0 Å². The van der Waals surface area contributed by atoms with Crippen molar-refractivity contribution in [3.05, 3.63) is 90.4 Å². The Bertz CT molecular complexity index is 1290. The first-order valence-electron chi connectivity index (χ1n) is 9.56. The van der Waals surface area contributed by atoms with Crippen LogP contribution in [-0.4, -0.2) is 20.2 Å². The van der Waals surface area contributed by atoms with Crippen molar-refractivity contribution in [3.63, 3.8) is 0 Å². The van der Waals surface area contributed by atoms with Gasteiger partial charge in [-0.15, -0.1) is 0 Å². The van der Waals surface area contributed by atoms with Crippen molar-refractivity contribution in [2.24, 2.45) is 0 Å². The molecule has 139 valence electrons. The first-order valence-corrected chi connectivity index (χ1v) is 9.56. The van der Waals surface area contributed by atoms with Gasteiger partial charge in [-0.25, -0.2) is 4.98 Å². The molecule has 0 bridgehead atoms. The molecule has 0 unspecified atom stereocenters. The Morgan fingerprint density at radius 1 is 0.862 bits per heavy atom. The summed E-state index contributed by atoms with van der Waals surface area (Å²) in [5.41, 5.74) is 9.03. The summed E-state index contributed by atoms with van der Waals surface area (Å²) in [6, 6.07) is 25.6. The molecule has 4 nitrogen and oxygen atoms in total. The zero-order valence-corrected chi connectivity index (χ0v) is 16.3. The third-order valence-corrected chi connectivity index (χ3v) is 5.18. The number of H-pyrrole nitrogens is 1. The van der Waals surface area contributed by atoms with Crippen LogP contribution in [0.4, 0.5) is 0 Å². The Balaban J connectivity index is 1.86. The standard InChI is InChI=1S/C25H19N4/c1-16-23(17(2)29-28-16)25-21-15-20(18-9-5-3-6-10-18)24(19-11-7-4-8-12-19)27-22(21)13-14-26-25/h3,5-15H,1-2H3,(H,28,29). The van der Waals surface area contributed by atoms with Crippen LogP contribution >= 0.6 is 0 Å². The zero-order valence-electron chi connectivity index (χ0n) is 16.3. The fraction of sp³-hybridized carbons (Fsp3) is 0.0800. The lowest BCUT2D eigenvalue weighted by atomic mass is 9.96. The van der Waals surface area contributed by atoms with Gasteiger partial charge in [0.15, 0.2) is 0 Å². The molecule has 0 saturated carbocycles. The SMILES string of the molecule is Cc1n[nH]c(C)c1-c1nccc2nc(-c3cc[c]cc3)c(-c3ccccc3)cc12. The molecular formula is C25H19N4. The minimum absolute atomic E-state index is 0.906. The van der Waals surface area contributed by atoms with Gasteiger partial charge in [0, 0.05) is 34.0 Å².